The molecule has 0 saturated carbocycles. The van der Waals surface area contributed by atoms with E-state index in [2.05, 4.69) is 6.92 Å². The maximum Gasteiger partial charge on any atom is 0.290 e. The van der Waals surface area contributed by atoms with Gasteiger partial charge in [-0.25, -0.2) is 0 Å². The van der Waals surface area contributed by atoms with Crippen LogP contribution in [0, 0.1) is 0 Å². The first-order valence-electron chi connectivity index (χ1n) is 7.78. The van der Waals surface area contributed by atoms with E-state index in [4.69, 9.17) is 9.11 Å². The van der Waals surface area contributed by atoms with Crippen molar-refractivity contribution in [2.45, 2.75) is 71.1 Å². The van der Waals surface area contributed by atoms with Crippen LogP contribution in [0.2, 0.25) is 0 Å². The van der Waals surface area contributed by atoms with Crippen molar-refractivity contribution in [1.29, 1.82) is 0 Å². The SMILES string of the molecule is CCCCCCCCCCCC(=CCS(=O)(=O)O)S(=O)(=O)O. The Labute approximate surface area is 134 Å². The van der Waals surface area contributed by atoms with Crippen LogP contribution in [0.4, 0.5) is 0 Å². The van der Waals surface area contributed by atoms with E-state index in [0.29, 0.717) is 6.42 Å². The molecule has 0 aliphatic heterocycles. The first-order valence-corrected chi connectivity index (χ1v) is 10.8. The quantitative estimate of drug-likeness (QED) is 0.386. The summed E-state index contributed by atoms with van der Waals surface area (Å²) in [6.07, 6.45) is 10.5. The highest BCUT2D eigenvalue weighted by molar-refractivity contribution is 7.90. The second-order valence-corrected chi connectivity index (χ2v) is 8.44. The highest BCUT2D eigenvalue weighted by Crippen LogP contribution is 2.16. The van der Waals surface area contributed by atoms with Gasteiger partial charge >= 0.3 is 0 Å². The van der Waals surface area contributed by atoms with Gasteiger partial charge in [-0.3, -0.25) is 9.11 Å². The second-order valence-electron chi connectivity index (χ2n) is 5.47. The first-order chi connectivity index (χ1) is 10.2. The van der Waals surface area contributed by atoms with E-state index in [0.717, 1.165) is 25.3 Å². The van der Waals surface area contributed by atoms with Crippen LogP contribution in [0.5, 0.6) is 0 Å². The molecule has 0 atom stereocenters. The molecule has 0 aromatic carbocycles. The van der Waals surface area contributed by atoms with Crippen molar-refractivity contribution in [2.24, 2.45) is 0 Å². The van der Waals surface area contributed by atoms with Crippen molar-refractivity contribution in [2.75, 3.05) is 5.75 Å². The van der Waals surface area contributed by atoms with Gasteiger partial charge in [-0.2, -0.15) is 16.8 Å². The monoisotopic (exact) mass is 356 g/mol. The summed E-state index contributed by atoms with van der Waals surface area (Å²) in [5.41, 5.74) is 0. The van der Waals surface area contributed by atoms with Gasteiger partial charge in [-0.05, 0) is 12.8 Å². The molecule has 0 unspecified atom stereocenters. The Bertz CT molecular complexity index is 520. The van der Waals surface area contributed by atoms with E-state index < -0.39 is 26.0 Å². The van der Waals surface area contributed by atoms with Crippen LogP contribution in [0.1, 0.15) is 71.1 Å². The predicted octanol–water partition coefficient (Wildman–Crippen LogP) is 3.57. The van der Waals surface area contributed by atoms with Crippen LogP contribution < -0.4 is 0 Å². The standard InChI is InChI=1S/C14H28O6S2/c1-2-3-4-5-6-7-8-9-10-11-14(22(18,19)20)12-13-21(15,16)17/h12H,2-11,13H2,1H3,(H,15,16,17)(H,18,19,20). The van der Waals surface area contributed by atoms with Gasteiger partial charge in [0.1, 0.15) is 0 Å². The molecular weight excluding hydrogens is 328 g/mol. The van der Waals surface area contributed by atoms with Crippen LogP contribution >= 0.6 is 0 Å². The molecule has 0 bridgehead atoms. The van der Waals surface area contributed by atoms with E-state index in [1.165, 1.54) is 32.1 Å². The molecule has 0 spiro atoms. The Kier molecular flexibility index (Phi) is 10.9. The lowest BCUT2D eigenvalue weighted by molar-refractivity contribution is 0.486. The minimum atomic E-state index is -4.41. The van der Waals surface area contributed by atoms with Crippen molar-refractivity contribution in [3.63, 3.8) is 0 Å². The van der Waals surface area contributed by atoms with E-state index >= 15 is 0 Å². The summed E-state index contributed by atoms with van der Waals surface area (Å²) in [6, 6.07) is 0. The molecule has 0 saturated heterocycles. The zero-order chi connectivity index (χ0) is 17.1. The minimum Gasteiger partial charge on any atom is -0.285 e. The van der Waals surface area contributed by atoms with Gasteiger partial charge in [-0.1, -0.05) is 64.4 Å². The van der Waals surface area contributed by atoms with Gasteiger partial charge in [0.25, 0.3) is 20.2 Å². The molecule has 0 aromatic rings. The number of unbranched alkanes of at least 4 members (excludes halogenated alkanes) is 8. The Morgan fingerprint density at radius 3 is 1.68 bits per heavy atom. The summed E-state index contributed by atoms with van der Waals surface area (Å²) in [5.74, 6) is -0.806. The van der Waals surface area contributed by atoms with Crippen molar-refractivity contribution in [1.82, 2.24) is 0 Å². The Hall–Kier alpha value is -0.440. The molecule has 2 N–H and O–H groups in total. The average Bonchev–Trinajstić information content (AvgIpc) is 2.37. The number of rotatable bonds is 13. The Morgan fingerprint density at radius 1 is 0.818 bits per heavy atom. The molecule has 0 aliphatic rings. The number of hydrogen-bond donors (Lipinski definition) is 2. The van der Waals surface area contributed by atoms with E-state index in [1.807, 2.05) is 0 Å². The number of hydrogen-bond acceptors (Lipinski definition) is 4. The molecule has 0 heterocycles. The van der Waals surface area contributed by atoms with Gasteiger partial charge in [-0.15, -0.1) is 0 Å². The minimum absolute atomic E-state index is 0.0875. The molecule has 0 radical (unpaired) electrons. The maximum atomic E-state index is 11.1. The van der Waals surface area contributed by atoms with Gasteiger partial charge in [0.05, 0.1) is 10.7 Å². The molecule has 0 rings (SSSR count). The molecule has 0 aliphatic carbocycles. The third kappa shape index (κ3) is 13.2. The summed E-state index contributed by atoms with van der Waals surface area (Å²) in [5, 5.41) is 0. The summed E-state index contributed by atoms with van der Waals surface area (Å²) in [4.78, 5) is -0.340. The fourth-order valence-electron chi connectivity index (χ4n) is 2.14. The van der Waals surface area contributed by atoms with Crippen molar-refractivity contribution in [3.05, 3.63) is 11.0 Å². The van der Waals surface area contributed by atoms with E-state index in [9.17, 15) is 16.8 Å². The molecule has 8 heteroatoms. The highest BCUT2D eigenvalue weighted by Gasteiger charge is 2.14. The molecule has 132 valence electrons. The first kappa shape index (κ1) is 21.6. The topological polar surface area (TPSA) is 109 Å². The Morgan fingerprint density at radius 2 is 1.27 bits per heavy atom. The zero-order valence-corrected chi connectivity index (χ0v) is 14.8. The fraction of sp³-hybridized carbons (Fsp3) is 0.857. The van der Waals surface area contributed by atoms with Crippen LogP contribution in [0.3, 0.4) is 0 Å². The van der Waals surface area contributed by atoms with Gasteiger partial charge < -0.3 is 0 Å². The fourth-order valence-corrected chi connectivity index (χ4v) is 3.36. The highest BCUT2D eigenvalue weighted by atomic mass is 32.2. The lowest BCUT2D eigenvalue weighted by atomic mass is 10.1. The lowest BCUT2D eigenvalue weighted by Gasteiger charge is -2.05. The predicted molar refractivity (Wildman–Crippen MR) is 87.9 cm³/mol. The maximum absolute atomic E-state index is 11.1. The van der Waals surface area contributed by atoms with Gasteiger partial charge in [0.2, 0.25) is 0 Å². The normalized spacial score (nSPS) is 13.5. The third-order valence-electron chi connectivity index (χ3n) is 3.38. The van der Waals surface area contributed by atoms with Gasteiger partial charge in [0.15, 0.2) is 0 Å². The molecular formula is C14H28O6S2. The lowest BCUT2D eigenvalue weighted by Crippen LogP contribution is -2.07. The van der Waals surface area contributed by atoms with Crippen LogP contribution in [0.15, 0.2) is 11.0 Å². The third-order valence-corrected chi connectivity index (χ3v) is 5.00. The molecule has 6 nitrogen and oxygen atoms in total. The number of allylic oxidation sites excluding steroid dienone is 1. The summed E-state index contributed by atoms with van der Waals surface area (Å²) >= 11 is 0. The van der Waals surface area contributed by atoms with Crippen LogP contribution in [0.25, 0.3) is 0 Å². The van der Waals surface area contributed by atoms with Crippen molar-refractivity contribution < 1.29 is 25.9 Å². The second kappa shape index (κ2) is 11.2. The van der Waals surface area contributed by atoms with Crippen molar-refractivity contribution in [3.8, 4) is 0 Å². The zero-order valence-electron chi connectivity index (χ0n) is 13.2. The molecule has 0 fully saturated rings. The van der Waals surface area contributed by atoms with Crippen molar-refractivity contribution >= 4 is 20.2 Å². The largest absolute Gasteiger partial charge is 0.290 e. The summed E-state index contributed by atoms with van der Waals surface area (Å²) in [7, 11) is -8.69. The Balaban J connectivity index is 4.02. The smallest absolute Gasteiger partial charge is 0.285 e. The molecule has 0 amide bonds. The van der Waals surface area contributed by atoms with Crippen LogP contribution in [-0.2, 0) is 20.2 Å². The molecule has 22 heavy (non-hydrogen) atoms. The molecule has 0 aromatic heterocycles. The van der Waals surface area contributed by atoms with E-state index in [1.54, 1.807) is 0 Å². The van der Waals surface area contributed by atoms with E-state index in [-0.39, 0.29) is 11.3 Å². The summed E-state index contributed by atoms with van der Waals surface area (Å²) in [6.45, 7) is 2.17. The van der Waals surface area contributed by atoms with Crippen LogP contribution in [-0.4, -0.2) is 31.7 Å². The average molecular weight is 357 g/mol. The summed E-state index contributed by atoms with van der Waals surface area (Å²) < 4.78 is 61.1. The van der Waals surface area contributed by atoms with Gasteiger partial charge in [0, 0.05) is 0 Å².